The lowest BCUT2D eigenvalue weighted by Crippen LogP contribution is -2.33. The van der Waals surface area contributed by atoms with Gasteiger partial charge in [-0.25, -0.2) is 4.98 Å². The first kappa shape index (κ1) is 18.4. The Labute approximate surface area is 179 Å². The number of benzene rings is 3. The summed E-state index contributed by atoms with van der Waals surface area (Å²) in [7, 11) is 0. The van der Waals surface area contributed by atoms with E-state index < -0.39 is 11.8 Å². The van der Waals surface area contributed by atoms with Crippen molar-refractivity contribution in [3.63, 3.8) is 0 Å². The van der Waals surface area contributed by atoms with Crippen molar-refractivity contribution in [2.45, 2.75) is 6.54 Å². The SMILES string of the molecule is O=C1c2ccccc2C(=O)N1Cc1nc2ccccc2c(=O)n1-c1ccccc1Br. The minimum Gasteiger partial charge on any atom is -0.269 e. The molecule has 0 unspecified atom stereocenters. The lowest BCUT2D eigenvalue weighted by molar-refractivity contribution is 0.0637. The molecule has 1 aromatic heterocycles. The summed E-state index contributed by atoms with van der Waals surface area (Å²) >= 11 is 3.49. The number of amides is 2. The van der Waals surface area contributed by atoms with Crippen molar-refractivity contribution in [2.24, 2.45) is 0 Å². The average molecular weight is 460 g/mol. The van der Waals surface area contributed by atoms with E-state index in [2.05, 4.69) is 20.9 Å². The van der Waals surface area contributed by atoms with Gasteiger partial charge in [-0.2, -0.15) is 0 Å². The number of nitrogens with zero attached hydrogens (tertiary/aromatic N) is 3. The molecule has 0 N–H and O–H groups in total. The second kappa shape index (κ2) is 7.03. The largest absolute Gasteiger partial charge is 0.269 e. The molecule has 0 atom stereocenters. The Morgan fingerprint density at radius 1 is 0.767 bits per heavy atom. The highest BCUT2D eigenvalue weighted by molar-refractivity contribution is 9.10. The monoisotopic (exact) mass is 459 g/mol. The molecule has 0 fully saturated rings. The zero-order valence-corrected chi connectivity index (χ0v) is 17.2. The Kier molecular flexibility index (Phi) is 4.33. The van der Waals surface area contributed by atoms with Gasteiger partial charge in [0, 0.05) is 4.47 Å². The Bertz CT molecular complexity index is 1380. The van der Waals surface area contributed by atoms with Crippen LogP contribution < -0.4 is 5.56 Å². The molecule has 1 aliphatic rings. The fraction of sp³-hybridized carbons (Fsp3) is 0.0435. The first-order valence-corrected chi connectivity index (χ1v) is 10.1. The number of rotatable bonds is 3. The van der Waals surface area contributed by atoms with Crippen molar-refractivity contribution in [3.05, 3.63) is 105 Å². The first-order valence-electron chi connectivity index (χ1n) is 9.27. The van der Waals surface area contributed by atoms with Gasteiger partial charge in [0.05, 0.1) is 34.3 Å². The molecule has 0 spiro atoms. The molecule has 5 rings (SSSR count). The van der Waals surface area contributed by atoms with E-state index >= 15 is 0 Å². The highest BCUT2D eigenvalue weighted by Gasteiger charge is 2.36. The summed E-state index contributed by atoms with van der Waals surface area (Å²) in [5.41, 5.74) is 1.56. The molecule has 4 aromatic rings. The molecule has 0 saturated carbocycles. The van der Waals surface area contributed by atoms with E-state index in [0.29, 0.717) is 38.0 Å². The molecule has 1 aliphatic heterocycles. The van der Waals surface area contributed by atoms with Gasteiger partial charge in [0.15, 0.2) is 0 Å². The number of hydrogen-bond donors (Lipinski definition) is 0. The van der Waals surface area contributed by atoms with Crippen LogP contribution in [0, 0.1) is 0 Å². The maximum atomic E-state index is 13.4. The molecule has 2 heterocycles. The Hall–Kier alpha value is -3.58. The Morgan fingerprint density at radius 2 is 1.37 bits per heavy atom. The van der Waals surface area contributed by atoms with Gasteiger partial charge >= 0.3 is 0 Å². The van der Waals surface area contributed by atoms with Gasteiger partial charge in [-0.3, -0.25) is 23.9 Å². The molecule has 2 amide bonds. The van der Waals surface area contributed by atoms with Crippen LogP contribution in [0.2, 0.25) is 0 Å². The fourth-order valence-electron chi connectivity index (χ4n) is 3.69. The number of para-hydroxylation sites is 2. The van der Waals surface area contributed by atoms with Gasteiger partial charge in [0.25, 0.3) is 17.4 Å². The fourth-order valence-corrected chi connectivity index (χ4v) is 4.15. The smallest absolute Gasteiger partial charge is 0.266 e. The van der Waals surface area contributed by atoms with E-state index in [-0.39, 0.29) is 12.1 Å². The summed E-state index contributed by atoms with van der Waals surface area (Å²) < 4.78 is 2.16. The van der Waals surface area contributed by atoms with Crippen molar-refractivity contribution < 1.29 is 9.59 Å². The van der Waals surface area contributed by atoms with Crippen LogP contribution in [0.3, 0.4) is 0 Å². The van der Waals surface area contributed by atoms with Crippen LogP contribution in [0.1, 0.15) is 26.5 Å². The van der Waals surface area contributed by atoms with Crippen LogP contribution >= 0.6 is 15.9 Å². The van der Waals surface area contributed by atoms with Crippen LogP contribution in [0.25, 0.3) is 16.6 Å². The van der Waals surface area contributed by atoms with E-state index in [1.54, 1.807) is 54.6 Å². The zero-order chi connectivity index (χ0) is 20.8. The number of carbonyl (C=O) groups excluding carboxylic acids is 2. The molecular formula is C23H14BrN3O3. The molecule has 146 valence electrons. The summed E-state index contributed by atoms with van der Waals surface area (Å²) in [4.78, 5) is 44.9. The summed E-state index contributed by atoms with van der Waals surface area (Å²) in [6.07, 6.45) is 0. The van der Waals surface area contributed by atoms with Crippen molar-refractivity contribution in [1.29, 1.82) is 0 Å². The molecule has 3 aromatic carbocycles. The van der Waals surface area contributed by atoms with Crippen LogP contribution in [-0.4, -0.2) is 26.3 Å². The third kappa shape index (κ3) is 2.78. The van der Waals surface area contributed by atoms with Crippen LogP contribution in [0.15, 0.2) is 82.1 Å². The maximum Gasteiger partial charge on any atom is 0.266 e. The lowest BCUT2D eigenvalue weighted by atomic mass is 10.1. The van der Waals surface area contributed by atoms with Gasteiger partial charge in [-0.15, -0.1) is 0 Å². The zero-order valence-electron chi connectivity index (χ0n) is 15.6. The average Bonchev–Trinajstić information content (AvgIpc) is 3.00. The van der Waals surface area contributed by atoms with Crippen molar-refractivity contribution in [2.75, 3.05) is 0 Å². The van der Waals surface area contributed by atoms with E-state index in [9.17, 15) is 14.4 Å². The number of aromatic nitrogens is 2. The van der Waals surface area contributed by atoms with Crippen LogP contribution in [0.4, 0.5) is 0 Å². The minimum absolute atomic E-state index is 0.117. The minimum atomic E-state index is -0.392. The standard InChI is InChI=1S/C23H14BrN3O3/c24-17-10-4-6-12-19(17)27-20(25-18-11-5-3-9-16(18)23(27)30)13-26-21(28)14-7-1-2-8-15(14)22(26)29/h1-12H,13H2. The van der Waals surface area contributed by atoms with E-state index in [0.717, 1.165) is 4.90 Å². The van der Waals surface area contributed by atoms with Gasteiger partial charge in [0.2, 0.25) is 0 Å². The van der Waals surface area contributed by atoms with Gasteiger partial charge in [0.1, 0.15) is 5.82 Å². The van der Waals surface area contributed by atoms with E-state index in [4.69, 9.17) is 0 Å². The summed E-state index contributed by atoms with van der Waals surface area (Å²) in [5, 5.41) is 0.458. The molecule has 6 nitrogen and oxygen atoms in total. The summed E-state index contributed by atoms with van der Waals surface area (Å²) in [6, 6.07) is 21.0. The molecule has 0 bridgehead atoms. The van der Waals surface area contributed by atoms with Gasteiger partial charge in [-0.05, 0) is 52.3 Å². The second-order valence-corrected chi connectivity index (χ2v) is 7.73. The number of hydrogen-bond acceptors (Lipinski definition) is 4. The Balaban J connectivity index is 1.71. The topological polar surface area (TPSA) is 72.3 Å². The highest BCUT2D eigenvalue weighted by Crippen LogP contribution is 2.26. The Morgan fingerprint density at radius 3 is 2.07 bits per heavy atom. The highest BCUT2D eigenvalue weighted by atomic mass is 79.9. The van der Waals surface area contributed by atoms with E-state index in [1.165, 1.54) is 4.57 Å². The van der Waals surface area contributed by atoms with Gasteiger partial charge in [-0.1, -0.05) is 36.4 Å². The van der Waals surface area contributed by atoms with E-state index in [1.807, 2.05) is 18.2 Å². The molecule has 30 heavy (non-hydrogen) atoms. The van der Waals surface area contributed by atoms with Crippen LogP contribution in [-0.2, 0) is 6.54 Å². The molecule has 7 heteroatoms. The molecule has 0 saturated heterocycles. The summed E-state index contributed by atoms with van der Waals surface area (Å²) in [6.45, 7) is -0.117. The maximum absolute atomic E-state index is 13.4. The lowest BCUT2D eigenvalue weighted by Gasteiger charge is -2.19. The third-order valence-electron chi connectivity index (χ3n) is 5.12. The predicted molar refractivity (Wildman–Crippen MR) is 116 cm³/mol. The summed E-state index contributed by atoms with van der Waals surface area (Å²) in [5.74, 6) is -0.478. The number of carbonyl (C=O) groups is 2. The van der Waals surface area contributed by atoms with Crippen molar-refractivity contribution in [1.82, 2.24) is 14.5 Å². The molecular weight excluding hydrogens is 446 g/mol. The predicted octanol–water partition coefficient (Wildman–Crippen LogP) is 3.94. The number of halogens is 1. The van der Waals surface area contributed by atoms with Crippen molar-refractivity contribution >= 4 is 38.6 Å². The van der Waals surface area contributed by atoms with Crippen LogP contribution in [0.5, 0.6) is 0 Å². The normalized spacial score (nSPS) is 13.2. The van der Waals surface area contributed by atoms with Crippen molar-refractivity contribution in [3.8, 4) is 5.69 Å². The molecule has 0 radical (unpaired) electrons. The van der Waals surface area contributed by atoms with Gasteiger partial charge < -0.3 is 0 Å². The quantitative estimate of drug-likeness (QED) is 0.435. The number of imide groups is 1. The first-order chi connectivity index (χ1) is 14.6. The molecule has 0 aliphatic carbocycles. The second-order valence-electron chi connectivity index (χ2n) is 6.88. The number of fused-ring (bicyclic) bond motifs is 2. The third-order valence-corrected chi connectivity index (χ3v) is 5.79.